The van der Waals surface area contributed by atoms with E-state index in [2.05, 4.69) is 0 Å². The fourth-order valence-corrected chi connectivity index (χ4v) is 1.90. The van der Waals surface area contributed by atoms with Gasteiger partial charge in [-0.3, -0.25) is 0 Å². The van der Waals surface area contributed by atoms with Gasteiger partial charge in [-0.15, -0.1) is 5.46 Å². The van der Waals surface area contributed by atoms with Crippen LogP contribution >= 0.6 is 0 Å². The molecule has 0 amide bonds. The van der Waals surface area contributed by atoms with Gasteiger partial charge in [-0.2, -0.15) is 0 Å². The summed E-state index contributed by atoms with van der Waals surface area (Å²) in [5.74, 6) is 0. The lowest BCUT2D eigenvalue weighted by atomic mass is 9.80. The van der Waals surface area contributed by atoms with Crippen LogP contribution in [0.1, 0.15) is 12.8 Å². The Labute approximate surface area is 86.9 Å². The lowest BCUT2D eigenvalue weighted by Crippen LogP contribution is -2.34. The number of nitrogens with zero attached hydrogens (tertiary/aromatic N) is 1. The lowest BCUT2D eigenvalue weighted by molar-refractivity contribution is 0.501. The zero-order valence-electron chi connectivity index (χ0n) is 8.30. The Balaban J connectivity index is 2.26. The van der Waals surface area contributed by atoms with Crippen molar-refractivity contribution in [3.05, 3.63) is 24.3 Å². The Hall–Kier alpha value is -1.13. The molecule has 0 atom stereocenters. The molecule has 1 aromatic rings. The van der Waals surface area contributed by atoms with E-state index in [1.165, 1.54) is 12.1 Å². The van der Waals surface area contributed by atoms with E-state index in [-0.39, 0.29) is 0 Å². The molecule has 82 valence electrons. The molecule has 1 aliphatic rings. The van der Waals surface area contributed by atoms with Gasteiger partial charge < -0.3 is 17.8 Å². The molecule has 5 heteroatoms. The van der Waals surface area contributed by atoms with Crippen molar-refractivity contribution in [3.8, 4) is 0 Å². The van der Waals surface area contributed by atoms with Crippen LogP contribution in [0.25, 0.3) is 0 Å². The molecule has 0 aromatic heterocycles. The molecule has 0 saturated carbocycles. The van der Waals surface area contributed by atoms with E-state index in [4.69, 9.17) is 0 Å². The lowest BCUT2D eigenvalue weighted by Gasteiger charge is -2.21. The van der Waals surface area contributed by atoms with E-state index in [1.807, 2.05) is 4.90 Å². The Morgan fingerprint density at radius 1 is 1.07 bits per heavy atom. The largest absolute Gasteiger partial charge is 0.509 e. The van der Waals surface area contributed by atoms with Gasteiger partial charge >= 0.3 is 6.98 Å². The molecule has 2 rings (SSSR count). The molecule has 1 aromatic carbocycles. The van der Waals surface area contributed by atoms with E-state index in [0.717, 1.165) is 32.0 Å². The first kappa shape index (κ1) is 10.4. The summed E-state index contributed by atoms with van der Waals surface area (Å²) in [6.07, 6.45) is 2.14. The highest BCUT2D eigenvalue weighted by Gasteiger charge is 2.26. The highest BCUT2D eigenvalue weighted by Crippen LogP contribution is 2.20. The highest BCUT2D eigenvalue weighted by molar-refractivity contribution is 6.73. The fraction of sp³-hybridized carbons (Fsp3) is 0.400. The summed E-state index contributed by atoms with van der Waals surface area (Å²) in [7, 11) is 0. The molecule has 15 heavy (non-hydrogen) atoms. The molecule has 1 heterocycles. The summed E-state index contributed by atoms with van der Waals surface area (Å²) >= 11 is 0. The first-order valence-electron chi connectivity index (χ1n) is 5.12. The first-order chi connectivity index (χ1) is 7.07. The number of anilines is 1. The van der Waals surface area contributed by atoms with Gasteiger partial charge in [-0.1, -0.05) is 18.2 Å². The normalized spacial score (nSPS) is 17.1. The molecule has 1 aliphatic heterocycles. The van der Waals surface area contributed by atoms with Crippen LogP contribution < -0.4 is 10.4 Å². The standard InChI is InChI=1S/C10H12BF3N/c12-11(13,14)9-4-3-5-10(8-9)15-6-1-2-7-15/h3-5,8H,1-2,6-7H2/q-1. The molecule has 1 fully saturated rings. The van der Waals surface area contributed by atoms with Crippen molar-refractivity contribution in [3.63, 3.8) is 0 Å². The van der Waals surface area contributed by atoms with Crippen molar-refractivity contribution in [1.29, 1.82) is 0 Å². The van der Waals surface area contributed by atoms with E-state index >= 15 is 0 Å². The summed E-state index contributed by atoms with van der Waals surface area (Å²) in [6, 6.07) is 5.62. The minimum Gasteiger partial charge on any atom is -0.445 e. The summed E-state index contributed by atoms with van der Waals surface area (Å²) in [6.45, 7) is -3.13. The minimum absolute atomic E-state index is 0.501. The molecule has 1 nitrogen and oxygen atoms in total. The third kappa shape index (κ3) is 2.27. The van der Waals surface area contributed by atoms with Gasteiger partial charge in [-0.25, -0.2) is 0 Å². The van der Waals surface area contributed by atoms with Crippen LogP contribution in [-0.4, -0.2) is 20.1 Å². The van der Waals surface area contributed by atoms with Gasteiger partial charge in [-0.05, 0) is 18.9 Å². The van der Waals surface area contributed by atoms with E-state index < -0.39 is 12.4 Å². The third-order valence-corrected chi connectivity index (χ3v) is 2.72. The second kappa shape index (κ2) is 3.79. The minimum atomic E-state index is -4.87. The molecular weight excluding hydrogens is 202 g/mol. The van der Waals surface area contributed by atoms with Gasteiger partial charge in [0.1, 0.15) is 0 Å². The van der Waals surface area contributed by atoms with Crippen LogP contribution in [0, 0.1) is 0 Å². The van der Waals surface area contributed by atoms with Crippen LogP contribution in [-0.2, 0) is 0 Å². The second-order valence-electron chi connectivity index (χ2n) is 3.86. The summed E-state index contributed by atoms with van der Waals surface area (Å²) in [4.78, 5) is 2.01. The molecule has 1 saturated heterocycles. The van der Waals surface area contributed by atoms with Crippen LogP contribution in [0.5, 0.6) is 0 Å². The SMILES string of the molecule is F[B-](F)(F)c1cccc(N2CCCC2)c1. The zero-order valence-corrected chi connectivity index (χ0v) is 8.30. The van der Waals surface area contributed by atoms with Crippen molar-refractivity contribution in [1.82, 2.24) is 0 Å². The predicted octanol–water partition coefficient (Wildman–Crippen LogP) is 2.34. The first-order valence-corrected chi connectivity index (χ1v) is 5.12. The van der Waals surface area contributed by atoms with Crippen molar-refractivity contribution in [2.75, 3.05) is 18.0 Å². The highest BCUT2D eigenvalue weighted by atomic mass is 19.4. The zero-order chi connectivity index (χ0) is 10.9. The van der Waals surface area contributed by atoms with Gasteiger partial charge in [0.15, 0.2) is 0 Å². The Kier molecular flexibility index (Phi) is 2.63. The monoisotopic (exact) mass is 214 g/mol. The van der Waals surface area contributed by atoms with Crippen molar-refractivity contribution < 1.29 is 12.9 Å². The van der Waals surface area contributed by atoms with Gasteiger partial charge in [0.25, 0.3) is 0 Å². The van der Waals surface area contributed by atoms with Crippen LogP contribution in [0.15, 0.2) is 24.3 Å². The van der Waals surface area contributed by atoms with Crippen LogP contribution in [0.3, 0.4) is 0 Å². The smallest absolute Gasteiger partial charge is 0.445 e. The summed E-state index contributed by atoms with van der Waals surface area (Å²) in [5, 5.41) is 0. The molecule has 0 N–H and O–H groups in total. The third-order valence-electron chi connectivity index (χ3n) is 2.72. The molecule has 0 radical (unpaired) electrons. The Morgan fingerprint density at radius 3 is 2.33 bits per heavy atom. The fourth-order valence-electron chi connectivity index (χ4n) is 1.90. The van der Waals surface area contributed by atoms with Gasteiger partial charge in [0.05, 0.1) is 0 Å². The number of rotatable bonds is 2. The predicted molar refractivity (Wildman–Crippen MR) is 56.6 cm³/mol. The number of hydrogen-bond donors (Lipinski definition) is 0. The molecule has 0 spiro atoms. The number of hydrogen-bond acceptors (Lipinski definition) is 1. The van der Waals surface area contributed by atoms with E-state index in [9.17, 15) is 12.9 Å². The number of halogens is 3. The average Bonchev–Trinajstić information content (AvgIpc) is 2.69. The van der Waals surface area contributed by atoms with Gasteiger partial charge in [0.2, 0.25) is 0 Å². The maximum atomic E-state index is 12.5. The van der Waals surface area contributed by atoms with Crippen molar-refractivity contribution in [2.24, 2.45) is 0 Å². The number of benzene rings is 1. The topological polar surface area (TPSA) is 3.24 Å². The second-order valence-corrected chi connectivity index (χ2v) is 3.86. The van der Waals surface area contributed by atoms with Crippen LogP contribution in [0.4, 0.5) is 18.6 Å². The van der Waals surface area contributed by atoms with Crippen LogP contribution in [0.2, 0.25) is 0 Å². The van der Waals surface area contributed by atoms with Crippen molar-refractivity contribution in [2.45, 2.75) is 12.8 Å². The Bertz CT molecular complexity index is 345. The molecule has 0 aliphatic carbocycles. The summed E-state index contributed by atoms with van der Waals surface area (Å²) in [5.41, 5.74) is 0.198. The molecule has 0 bridgehead atoms. The van der Waals surface area contributed by atoms with Gasteiger partial charge in [0, 0.05) is 18.8 Å². The van der Waals surface area contributed by atoms with E-state index in [1.54, 1.807) is 6.07 Å². The maximum absolute atomic E-state index is 12.5. The van der Waals surface area contributed by atoms with E-state index in [0.29, 0.717) is 5.69 Å². The van der Waals surface area contributed by atoms with Crippen molar-refractivity contribution >= 4 is 18.1 Å². The molecule has 0 unspecified atom stereocenters. The summed E-state index contributed by atoms with van der Waals surface area (Å²) < 4.78 is 37.5. The quantitative estimate of drug-likeness (QED) is 0.683. The average molecular weight is 214 g/mol. The molecular formula is C10H12BF3N-. The maximum Gasteiger partial charge on any atom is 0.509 e. The Morgan fingerprint density at radius 2 is 1.73 bits per heavy atom.